The van der Waals surface area contributed by atoms with Gasteiger partial charge in [-0.3, -0.25) is 0 Å². The number of aliphatic hydroxyl groups is 1. The summed E-state index contributed by atoms with van der Waals surface area (Å²) < 4.78 is 76.8. The topological polar surface area (TPSA) is 55.5 Å². The fourth-order valence-electron chi connectivity index (χ4n) is 1.47. The molecule has 1 rings (SSSR count). The van der Waals surface area contributed by atoms with E-state index < -0.39 is 42.4 Å². The lowest BCUT2D eigenvalue weighted by molar-refractivity contribution is -0.275. The van der Waals surface area contributed by atoms with Crippen molar-refractivity contribution in [3.05, 3.63) is 29.8 Å². The van der Waals surface area contributed by atoms with Crippen LogP contribution < -0.4 is 10.5 Å². The number of ether oxygens (including phenoxy) is 1. The third kappa shape index (κ3) is 6.40. The van der Waals surface area contributed by atoms with Crippen molar-refractivity contribution in [2.45, 2.75) is 31.1 Å². The van der Waals surface area contributed by atoms with Crippen LogP contribution in [0.2, 0.25) is 0 Å². The van der Waals surface area contributed by atoms with Crippen molar-refractivity contribution in [2.24, 2.45) is 5.73 Å². The molecule has 0 heterocycles. The first kappa shape index (κ1) is 19.8. The van der Waals surface area contributed by atoms with Crippen molar-refractivity contribution < 1.29 is 36.2 Å². The number of benzene rings is 1. The SMILES string of the molecule is Cl.N[C@@H](C[C@H](O)c1ccccc1OC(F)(F)F)C(F)(F)F. The molecule has 0 fully saturated rings. The van der Waals surface area contributed by atoms with Crippen LogP contribution in [0.25, 0.3) is 0 Å². The maximum atomic E-state index is 12.2. The van der Waals surface area contributed by atoms with Gasteiger partial charge in [0.25, 0.3) is 0 Å². The molecule has 10 heteroatoms. The highest BCUT2D eigenvalue weighted by Gasteiger charge is 2.39. The smallest absolute Gasteiger partial charge is 0.405 e. The Balaban J connectivity index is 0.00000400. The van der Waals surface area contributed by atoms with E-state index in [-0.39, 0.29) is 12.4 Å². The molecule has 2 atom stereocenters. The second-order valence-electron chi connectivity index (χ2n) is 3.99. The Kier molecular flexibility index (Phi) is 6.78. The summed E-state index contributed by atoms with van der Waals surface area (Å²) in [7, 11) is 0. The predicted octanol–water partition coefficient (Wildman–Crippen LogP) is 3.32. The number of para-hydroxylation sites is 1. The lowest BCUT2D eigenvalue weighted by Gasteiger charge is -2.21. The minimum Gasteiger partial charge on any atom is -0.405 e. The molecule has 3 N–H and O–H groups in total. The molecule has 0 aromatic heterocycles. The van der Waals surface area contributed by atoms with Crippen LogP contribution in [0.3, 0.4) is 0 Å². The van der Waals surface area contributed by atoms with Crippen LogP contribution in [0.15, 0.2) is 24.3 Å². The summed E-state index contributed by atoms with van der Waals surface area (Å²) in [6.07, 6.45) is -12.6. The molecular weight excluding hydrogens is 328 g/mol. The van der Waals surface area contributed by atoms with Crippen molar-refractivity contribution in [3.8, 4) is 5.75 Å². The number of alkyl halides is 6. The van der Waals surface area contributed by atoms with Gasteiger partial charge in [0, 0.05) is 12.0 Å². The average molecular weight is 340 g/mol. The van der Waals surface area contributed by atoms with Gasteiger partial charge in [-0.05, 0) is 6.07 Å². The second-order valence-corrected chi connectivity index (χ2v) is 3.99. The Morgan fingerprint density at radius 2 is 1.62 bits per heavy atom. The normalized spacial score (nSPS) is 15.0. The third-order valence-electron chi connectivity index (χ3n) is 2.40. The standard InChI is InChI=1S/C11H11F6NO2.ClH/c12-10(13,14)9(18)5-7(19)6-3-1-2-4-8(6)20-11(15,16)17;/h1-4,7,9,19H,5,18H2;1H/t7-,9-;/m0./s1. The zero-order valence-electron chi connectivity index (χ0n) is 10.3. The van der Waals surface area contributed by atoms with Gasteiger partial charge in [-0.2, -0.15) is 13.2 Å². The number of aliphatic hydroxyl groups excluding tert-OH is 1. The summed E-state index contributed by atoms with van der Waals surface area (Å²) >= 11 is 0. The fourth-order valence-corrected chi connectivity index (χ4v) is 1.47. The van der Waals surface area contributed by atoms with E-state index >= 15 is 0 Å². The number of hydrogen-bond acceptors (Lipinski definition) is 3. The number of nitrogens with two attached hydrogens (primary N) is 1. The van der Waals surface area contributed by atoms with Gasteiger partial charge in [-0.1, -0.05) is 18.2 Å². The molecule has 3 nitrogen and oxygen atoms in total. The van der Waals surface area contributed by atoms with E-state index in [1.807, 2.05) is 0 Å². The predicted molar refractivity (Wildman–Crippen MR) is 64.0 cm³/mol. The van der Waals surface area contributed by atoms with Gasteiger partial charge in [0.1, 0.15) is 11.8 Å². The van der Waals surface area contributed by atoms with Crippen molar-refractivity contribution >= 4 is 12.4 Å². The Bertz CT molecular complexity index is 451. The molecule has 1 aromatic rings. The summed E-state index contributed by atoms with van der Waals surface area (Å²) in [5, 5.41) is 9.60. The molecule has 0 aliphatic heterocycles. The van der Waals surface area contributed by atoms with Crippen LogP contribution >= 0.6 is 12.4 Å². The van der Waals surface area contributed by atoms with Gasteiger partial charge >= 0.3 is 12.5 Å². The van der Waals surface area contributed by atoms with E-state index in [2.05, 4.69) is 4.74 Å². The highest BCUT2D eigenvalue weighted by atomic mass is 35.5. The number of rotatable bonds is 4. The molecule has 0 spiro atoms. The lowest BCUT2D eigenvalue weighted by atomic mass is 10.0. The quantitative estimate of drug-likeness (QED) is 0.827. The van der Waals surface area contributed by atoms with Crippen molar-refractivity contribution in [3.63, 3.8) is 0 Å². The van der Waals surface area contributed by atoms with Crippen LogP contribution in [0.4, 0.5) is 26.3 Å². The summed E-state index contributed by atoms with van der Waals surface area (Å²) in [4.78, 5) is 0. The minimum absolute atomic E-state index is 0. The fraction of sp³-hybridized carbons (Fsp3) is 0.455. The number of hydrogen-bond donors (Lipinski definition) is 2. The Labute approximate surface area is 122 Å². The van der Waals surface area contributed by atoms with E-state index in [0.717, 1.165) is 12.1 Å². The average Bonchev–Trinajstić information content (AvgIpc) is 2.25. The second kappa shape index (κ2) is 7.19. The molecule has 0 aliphatic rings. The number of halogens is 7. The summed E-state index contributed by atoms with van der Waals surface area (Å²) in [5.41, 5.74) is 4.41. The maximum absolute atomic E-state index is 12.2. The van der Waals surface area contributed by atoms with E-state index in [4.69, 9.17) is 5.73 Å². The van der Waals surface area contributed by atoms with Gasteiger partial charge in [0.15, 0.2) is 0 Å². The zero-order chi connectivity index (χ0) is 15.6. The largest absolute Gasteiger partial charge is 0.573 e. The Hall–Kier alpha value is -1.19. The molecule has 0 saturated carbocycles. The van der Waals surface area contributed by atoms with Crippen LogP contribution in [0.1, 0.15) is 18.1 Å². The van der Waals surface area contributed by atoms with Crippen molar-refractivity contribution in [1.29, 1.82) is 0 Å². The van der Waals surface area contributed by atoms with Crippen LogP contribution in [0.5, 0.6) is 5.75 Å². The Morgan fingerprint density at radius 3 is 2.10 bits per heavy atom. The molecule has 1 aromatic carbocycles. The molecule has 0 bridgehead atoms. The molecule has 0 saturated heterocycles. The summed E-state index contributed by atoms with van der Waals surface area (Å²) in [6, 6.07) is 2.04. The highest BCUT2D eigenvalue weighted by molar-refractivity contribution is 5.85. The molecular formula is C11H12ClF6NO2. The monoisotopic (exact) mass is 339 g/mol. The molecule has 0 aliphatic carbocycles. The van der Waals surface area contributed by atoms with Crippen LogP contribution in [0, 0.1) is 0 Å². The van der Waals surface area contributed by atoms with Crippen molar-refractivity contribution in [1.82, 2.24) is 0 Å². The molecule has 0 radical (unpaired) electrons. The van der Waals surface area contributed by atoms with Gasteiger partial charge in [-0.15, -0.1) is 25.6 Å². The Morgan fingerprint density at radius 1 is 1.10 bits per heavy atom. The first-order valence-corrected chi connectivity index (χ1v) is 5.35. The van der Waals surface area contributed by atoms with Crippen LogP contribution in [-0.4, -0.2) is 23.7 Å². The van der Waals surface area contributed by atoms with E-state index in [1.165, 1.54) is 12.1 Å². The van der Waals surface area contributed by atoms with Gasteiger partial charge < -0.3 is 15.6 Å². The molecule has 0 amide bonds. The first-order chi connectivity index (χ1) is 9.00. The summed E-state index contributed by atoms with van der Waals surface area (Å²) in [6.45, 7) is 0. The third-order valence-corrected chi connectivity index (χ3v) is 2.40. The molecule has 21 heavy (non-hydrogen) atoms. The lowest BCUT2D eigenvalue weighted by Crippen LogP contribution is -2.38. The maximum Gasteiger partial charge on any atom is 0.573 e. The molecule has 0 unspecified atom stereocenters. The van der Waals surface area contributed by atoms with E-state index in [0.29, 0.717) is 0 Å². The van der Waals surface area contributed by atoms with E-state index in [1.54, 1.807) is 0 Å². The van der Waals surface area contributed by atoms with Gasteiger partial charge in [-0.25, -0.2) is 0 Å². The summed E-state index contributed by atoms with van der Waals surface area (Å²) in [5.74, 6) is -0.762. The van der Waals surface area contributed by atoms with Gasteiger partial charge in [0.05, 0.1) is 6.10 Å². The highest BCUT2D eigenvalue weighted by Crippen LogP contribution is 2.33. The van der Waals surface area contributed by atoms with Crippen LogP contribution in [-0.2, 0) is 0 Å². The first-order valence-electron chi connectivity index (χ1n) is 5.35. The zero-order valence-corrected chi connectivity index (χ0v) is 11.1. The van der Waals surface area contributed by atoms with Gasteiger partial charge in [0.2, 0.25) is 0 Å². The van der Waals surface area contributed by atoms with Crippen molar-refractivity contribution in [2.75, 3.05) is 0 Å². The minimum atomic E-state index is -5.01. The molecule has 122 valence electrons. The van der Waals surface area contributed by atoms with E-state index in [9.17, 15) is 31.4 Å².